The predicted octanol–water partition coefficient (Wildman–Crippen LogP) is 5.98. The van der Waals surface area contributed by atoms with Crippen molar-refractivity contribution in [3.8, 4) is 5.75 Å². The van der Waals surface area contributed by atoms with E-state index in [1.807, 2.05) is 51.1 Å². The molecule has 3 aromatic rings. The number of anilines is 1. The van der Waals surface area contributed by atoms with Gasteiger partial charge in [-0.1, -0.05) is 48.0 Å². The van der Waals surface area contributed by atoms with Gasteiger partial charge in [0.05, 0.1) is 18.2 Å². The fourth-order valence-electron chi connectivity index (χ4n) is 4.14. The molecule has 1 unspecified atom stereocenters. The molecule has 3 aromatic carbocycles. The van der Waals surface area contributed by atoms with Crippen molar-refractivity contribution in [3.05, 3.63) is 99.6 Å². The van der Waals surface area contributed by atoms with Crippen LogP contribution in [0.5, 0.6) is 5.75 Å². The third-order valence-electron chi connectivity index (χ3n) is 5.74. The summed E-state index contributed by atoms with van der Waals surface area (Å²) < 4.78 is 5.59. The Morgan fingerprint density at radius 3 is 2.39 bits per heavy atom. The molecule has 1 N–H and O–H groups in total. The lowest BCUT2D eigenvalue weighted by atomic mass is 9.94. The average Bonchev–Trinajstić information content (AvgIpc) is 3.07. The Hall–Kier alpha value is -3.57. The average molecular weight is 462 g/mol. The molecule has 1 saturated heterocycles. The zero-order valence-electron chi connectivity index (χ0n) is 18.6. The van der Waals surface area contributed by atoms with E-state index in [1.54, 1.807) is 36.4 Å². The van der Waals surface area contributed by atoms with Crippen molar-refractivity contribution in [1.82, 2.24) is 0 Å². The minimum atomic E-state index is -0.796. The third kappa shape index (κ3) is 4.12. The number of aliphatic hydroxyl groups is 1. The molecule has 1 atom stereocenters. The van der Waals surface area contributed by atoms with Gasteiger partial charge in [-0.05, 0) is 67.8 Å². The van der Waals surface area contributed by atoms with E-state index in [-0.39, 0.29) is 11.3 Å². The number of ether oxygens (including phenoxy) is 1. The van der Waals surface area contributed by atoms with E-state index in [0.29, 0.717) is 34.2 Å². The Balaban J connectivity index is 1.93. The summed E-state index contributed by atoms with van der Waals surface area (Å²) in [4.78, 5) is 28.0. The fraction of sp³-hybridized carbons (Fsp3) is 0.185. The lowest BCUT2D eigenvalue weighted by Gasteiger charge is -2.27. The number of Topliss-reactive ketones (excluding diaryl/α,β-unsaturated/α-hetero) is 1. The van der Waals surface area contributed by atoms with Crippen molar-refractivity contribution in [2.45, 2.75) is 26.8 Å². The molecule has 0 aliphatic carbocycles. The van der Waals surface area contributed by atoms with Gasteiger partial charge in [-0.25, -0.2) is 0 Å². The highest BCUT2D eigenvalue weighted by atomic mass is 35.5. The van der Waals surface area contributed by atoms with Crippen LogP contribution in [0.4, 0.5) is 5.69 Å². The lowest BCUT2D eigenvalue weighted by Crippen LogP contribution is -2.30. The molecule has 0 saturated carbocycles. The highest BCUT2D eigenvalue weighted by Crippen LogP contribution is 2.43. The van der Waals surface area contributed by atoms with Crippen molar-refractivity contribution in [2.24, 2.45) is 0 Å². The topological polar surface area (TPSA) is 66.8 Å². The predicted molar refractivity (Wildman–Crippen MR) is 130 cm³/mol. The van der Waals surface area contributed by atoms with Crippen LogP contribution in [0.3, 0.4) is 0 Å². The van der Waals surface area contributed by atoms with Crippen LogP contribution >= 0.6 is 11.6 Å². The summed E-state index contributed by atoms with van der Waals surface area (Å²) >= 11 is 6.23. The Labute approximate surface area is 197 Å². The quantitative estimate of drug-likeness (QED) is 0.288. The normalized spacial score (nSPS) is 17.5. The smallest absolute Gasteiger partial charge is 0.300 e. The van der Waals surface area contributed by atoms with Crippen molar-refractivity contribution in [1.29, 1.82) is 0 Å². The molecule has 0 bridgehead atoms. The minimum Gasteiger partial charge on any atom is -0.507 e. The van der Waals surface area contributed by atoms with Crippen LogP contribution in [0.15, 0.2) is 72.3 Å². The van der Waals surface area contributed by atoms with E-state index < -0.39 is 17.7 Å². The molecule has 1 fully saturated rings. The Morgan fingerprint density at radius 1 is 1.00 bits per heavy atom. The van der Waals surface area contributed by atoms with Gasteiger partial charge in [-0.3, -0.25) is 14.5 Å². The zero-order chi connectivity index (χ0) is 23.7. The van der Waals surface area contributed by atoms with Gasteiger partial charge in [-0.2, -0.15) is 0 Å². The van der Waals surface area contributed by atoms with Crippen molar-refractivity contribution in [3.63, 3.8) is 0 Å². The number of hydrogen-bond donors (Lipinski definition) is 1. The van der Waals surface area contributed by atoms with E-state index in [4.69, 9.17) is 16.3 Å². The highest BCUT2D eigenvalue weighted by Gasteiger charge is 2.47. The summed E-state index contributed by atoms with van der Waals surface area (Å²) in [6, 6.07) is 18.8. The van der Waals surface area contributed by atoms with Gasteiger partial charge in [0, 0.05) is 16.3 Å². The Kier molecular flexibility index (Phi) is 6.25. The molecule has 5 nitrogen and oxygen atoms in total. The van der Waals surface area contributed by atoms with Crippen LogP contribution in [0.25, 0.3) is 5.76 Å². The first-order valence-electron chi connectivity index (χ1n) is 10.7. The van der Waals surface area contributed by atoms with Gasteiger partial charge < -0.3 is 9.84 Å². The highest BCUT2D eigenvalue weighted by molar-refractivity contribution is 6.52. The van der Waals surface area contributed by atoms with Crippen molar-refractivity contribution >= 4 is 34.7 Å². The van der Waals surface area contributed by atoms with E-state index in [1.165, 1.54) is 4.90 Å². The summed E-state index contributed by atoms with van der Waals surface area (Å²) in [5.74, 6) is -0.982. The second-order valence-electron chi connectivity index (χ2n) is 7.92. The first-order chi connectivity index (χ1) is 15.8. The monoisotopic (exact) mass is 461 g/mol. The molecule has 33 heavy (non-hydrogen) atoms. The second kappa shape index (κ2) is 9.12. The molecular weight excluding hydrogens is 438 g/mol. The lowest BCUT2D eigenvalue weighted by molar-refractivity contribution is -0.132. The van der Waals surface area contributed by atoms with E-state index in [0.717, 1.165) is 11.1 Å². The maximum atomic E-state index is 13.3. The maximum Gasteiger partial charge on any atom is 0.300 e. The molecule has 0 radical (unpaired) electrons. The number of carbonyl (C=O) groups is 2. The molecule has 1 aliphatic heterocycles. The minimum absolute atomic E-state index is 0.0362. The van der Waals surface area contributed by atoms with E-state index in [9.17, 15) is 14.7 Å². The number of hydrogen-bond acceptors (Lipinski definition) is 4. The number of rotatable bonds is 5. The molecule has 4 rings (SSSR count). The largest absolute Gasteiger partial charge is 0.507 e. The molecule has 0 aromatic heterocycles. The molecule has 6 heteroatoms. The number of ketones is 1. The van der Waals surface area contributed by atoms with Gasteiger partial charge in [0.2, 0.25) is 0 Å². The van der Waals surface area contributed by atoms with Crippen LogP contribution in [-0.2, 0) is 9.59 Å². The number of carbonyl (C=O) groups excluding carboxylic acids is 2. The zero-order valence-corrected chi connectivity index (χ0v) is 19.4. The number of benzene rings is 3. The summed E-state index contributed by atoms with van der Waals surface area (Å²) in [5.41, 5.74) is 3.32. The summed E-state index contributed by atoms with van der Waals surface area (Å²) in [6.45, 7) is 6.13. The third-order valence-corrected chi connectivity index (χ3v) is 5.97. The van der Waals surface area contributed by atoms with Gasteiger partial charge in [0.1, 0.15) is 11.5 Å². The Bertz CT molecular complexity index is 1270. The second-order valence-corrected chi connectivity index (χ2v) is 8.36. The SMILES string of the molecule is CCOc1ccc(/C(O)=C2\C(=O)C(=O)N(c3cc(Cl)ccc3C)C2c2ccccc2)cc1C. The van der Waals surface area contributed by atoms with E-state index >= 15 is 0 Å². The maximum absolute atomic E-state index is 13.3. The standard InChI is InChI=1S/C27H24ClNO4/c1-4-33-22-13-11-19(14-17(22)3)25(30)23-24(18-8-6-5-7-9-18)29(27(32)26(23)31)21-15-20(28)12-10-16(21)2/h5-15,24,30H,4H2,1-3H3/b25-23+. The van der Waals surface area contributed by atoms with Crippen LogP contribution in [-0.4, -0.2) is 23.4 Å². The molecule has 1 amide bonds. The van der Waals surface area contributed by atoms with Crippen LogP contribution in [0.2, 0.25) is 5.02 Å². The number of aliphatic hydroxyl groups excluding tert-OH is 1. The van der Waals surface area contributed by atoms with Gasteiger partial charge in [0.15, 0.2) is 0 Å². The van der Waals surface area contributed by atoms with Crippen LogP contribution in [0.1, 0.15) is 35.2 Å². The summed E-state index contributed by atoms with van der Waals surface area (Å²) in [6.07, 6.45) is 0. The van der Waals surface area contributed by atoms with Crippen LogP contribution < -0.4 is 9.64 Å². The summed E-state index contributed by atoms with van der Waals surface area (Å²) in [5, 5.41) is 11.7. The first kappa shape index (κ1) is 22.6. The number of aryl methyl sites for hydroxylation is 2. The van der Waals surface area contributed by atoms with Gasteiger partial charge in [-0.15, -0.1) is 0 Å². The molecule has 0 spiro atoms. The molecule has 1 aliphatic rings. The number of halogens is 1. The fourth-order valence-corrected chi connectivity index (χ4v) is 4.31. The van der Waals surface area contributed by atoms with Gasteiger partial charge in [0.25, 0.3) is 11.7 Å². The Morgan fingerprint density at radius 2 is 1.73 bits per heavy atom. The number of amides is 1. The van der Waals surface area contributed by atoms with Crippen molar-refractivity contribution in [2.75, 3.05) is 11.5 Å². The van der Waals surface area contributed by atoms with Crippen LogP contribution in [0, 0.1) is 13.8 Å². The number of nitrogens with zero attached hydrogens (tertiary/aromatic N) is 1. The molecule has 1 heterocycles. The van der Waals surface area contributed by atoms with Crippen molar-refractivity contribution < 1.29 is 19.4 Å². The molecule has 168 valence electrons. The van der Waals surface area contributed by atoms with Gasteiger partial charge >= 0.3 is 0 Å². The molecular formula is C27H24ClNO4. The first-order valence-corrected chi connectivity index (χ1v) is 11.1. The summed E-state index contributed by atoms with van der Waals surface area (Å²) in [7, 11) is 0. The van der Waals surface area contributed by atoms with E-state index in [2.05, 4.69) is 0 Å².